The average Bonchev–Trinajstić information content (AvgIpc) is 2.84. The highest BCUT2D eigenvalue weighted by Gasteiger charge is 2.34. The van der Waals surface area contributed by atoms with Crippen LogP contribution < -0.4 is 10.5 Å². The molecule has 2 aromatic rings. The van der Waals surface area contributed by atoms with Gasteiger partial charge in [-0.25, -0.2) is 4.79 Å². The Morgan fingerprint density at radius 3 is 2.62 bits per heavy atom. The number of para-hydroxylation sites is 1. The van der Waals surface area contributed by atoms with Gasteiger partial charge in [-0.15, -0.1) is 13.2 Å². The van der Waals surface area contributed by atoms with E-state index in [0.717, 1.165) is 17.9 Å². The summed E-state index contributed by atoms with van der Waals surface area (Å²) in [5.74, 6) is -1.68. The number of nitrogen functional groups attached to an aromatic ring is 1. The number of anilines is 1. The van der Waals surface area contributed by atoms with E-state index in [1.165, 1.54) is 18.2 Å². The zero-order chi connectivity index (χ0) is 18.1. The van der Waals surface area contributed by atoms with Gasteiger partial charge in [0.15, 0.2) is 11.4 Å². The number of esters is 1. The zero-order valence-corrected chi connectivity index (χ0v) is 12.8. The Labute approximate surface area is 138 Å². The number of halogens is 4. The lowest BCUT2D eigenvalue weighted by Gasteiger charge is -2.16. The van der Waals surface area contributed by atoms with E-state index in [9.17, 15) is 18.0 Å². The molecule has 0 aliphatic carbocycles. The fourth-order valence-electron chi connectivity index (χ4n) is 2.01. The number of carbonyl (C=O) groups excluding carboxylic acids is 1. The van der Waals surface area contributed by atoms with Crippen molar-refractivity contribution in [2.75, 3.05) is 12.8 Å². The maximum atomic E-state index is 12.6. The van der Waals surface area contributed by atoms with Crippen molar-refractivity contribution in [1.82, 2.24) is 4.57 Å². The minimum absolute atomic E-state index is 0.117. The molecule has 0 amide bonds. The van der Waals surface area contributed by atoms with E-state index in [-0.39, 0.29) is 27.7 Å². The first-order valence-corrected chi connectivity index (χ1v) is 6.61. The van der Waals surface area contributed by atoms with Gasteiger partial charge < -0.3 is 19.8 Å². The van der Waals surface area contributed by atoms with Gasteiger partial charge in [-0.1, -0.05) is 17.7 Å². The van der Waals surface area contributed by atoms with Gasteiger partial charge in [0.2, 0.25) is 0 Å². The number of hydrogen-bond donors (Lipinski definition) is 1. The Morgan fingerprint density at radius 2 is 2.08 bits per heavy atom. The quantitative estimate of drug-likeness (QED) is 0.849. The van der Waals surface area contributed by atoms with E-state index in [1.54, 1.807) is 6.07 Å². The van der Waals surface area contributed by atoms with Crippen molar-refractivity contribution in [1.29, 1.82) is 5.26 Å². The maximum absolute atomic E-state index is 12.6. The minimum Gasteiger partial charge on any atom is -0.464 e. The first-order chi connectivity index (χ1) is 11.2. The van der Waals surface area contributed by atoms with Crippen LogP contribution in [0.3, 0.4) is 0 Å². The van der Waals surface area contributed by atoms with Crippen LogP contribution in [0.5, 0.6) is 5.75 Å². The second-order valence-electron chi connectivity index (χ2n) is 4.41. The van der Waals surface area contributed by atoms with E-state index >= 15 is 0 Å². The summed E-state index contributed by atoms with van der Waals surface area (Å²) >= 11 is 5.78. The molecule has 1 heterocycles. The van der Waals surface area contributed by atoms with Gasteiger partial charge in [0.25, 0.3) is 0 Å². The van der Waals surface area contributed by atoms with Gasteiger partial charge in [-0.3, -0.25) is 0 Å². The second kappa shape index (κ2) is 6.33. The highest BCUT2D eigenvalue weighted by molar-refractivity contribution is 6.32. The molecule has 0 aliphatic rings. The van der Waals surface area contributed by atoms with E-state index in [0.29, 0.717) is 0 Å². The van der Waals surface area contributed by atoms with Crippen molar-refractivity contribution in [3.63, 3.8) is 0 Å². The number of benzene rings is 1. The summed E-state index contributed by atoms with van der Waals surface area (Å²) in [5, 5.41) is 8.69. The van der Waals surface area contributed by atoms with Gasteiger partial charge in [0, 0.05) is 6.20 Å². The van der Waals surface area contributed by atoms with E-state index in [4.69, 9.17) is 22.6 Å². The van der Waals surface area contributed by atoms with E-state index < -0.39 is 18.1 Å². The van der Waals surface area contributed by atoms with Crippen LogP contribution in [0.15, 0.2) is 24.4 Å². The molecule has 0 fully saturated rings. The third kappa shape index (κ3) is 3.23. The number of nitrogens with zero attached hydrogens (tertiary/aromatic N) is 2. The van der Waals surface area contributed by atoms with E-state index in [1.807, 2.05) is 0 Å². The molecule has 1 aromatic heterocycles. The monoisotopic (exact) mass is 359 g/mol. The Hall–Kier alpha value is -2.86. The fourth-order valence-corrected chi connectivity index (χ4v) is 2.22. The lowest BCUT2D eigenvalue weighted by molar-refractivity contribution is -0.274. The van der Waals surface area contributed by atoms with Crippen LogP contribution in [0.25, 0.3) is 5.69 Å². The van der Waals surface area contributed by atoms with Crippen molar-refractivity contribution in [2.45, 2.75) is 6.36 Å². The van der Waals surface area contributed by atoms with Crippen LogP contribution in [0.1, 0.15) is 16.1 Å². The van der Waals surface area contributed by atoms with Gasteiger partial charge >= 0.3 is 12.3 Å². The number of nitriles is 1. The summed E-state index contributed by atoms with van der Waals surface area (Å²) in [6.45, 7) is 0. The smallest absolute Gasteiger partial charge is 0.464 e. The molecule has 0 atom stereocenters. The van der Waals surface area contributed by atoms with Crippen molar-refractivity contribution in [3.8, 4) is 17.5 Å². The zero-order valence-electron chi connectivity index (χ0n) is 12.0. The predicted molar refractivity (Wildman–Crippen MR) is 77.9 cm³/mol. The molecule has 24 heavy (non-hydrogen) atoms. The first-order valence-electron chi connectivity index (χ1n) is 6.23. The lowest BCUT2D eigenvalue weighted by atomic mass is 10.2. The Bertz CT molecular complexity index is 840. The van der Waals surface area contributed by atoms with Crippen molar-refractivity contribution in [2.24, 2.45) is 0 Å². The largest absolute Gasteiger partial charge is 0.573 e. The highest BCUT2D eigenvalue weighted by Crippen LogP contribution is 2.37. The highest BCUT2D eigenvalue weighted by atomic mass is 35.5. The summed E-state index contributed by atoms with van der Waals surface area (Å²) in [5.41, 5.74) is 4.81. The third-order valence-corrected chi connectivity index (χ3v) is 3.26. The van der Waals surface area contributed by atoms with Crippen molar-refractivity contribution in [3.05, 3.63) is 40.7 Å². The van der Waals surface area contributed by atoms with E-state index in [2.05, 4.69) is 9.47 Å². The number of hydrogen-bond acceptors (Lipinski definition) is 5. The number of alkyl halides is 3. The molecular weight excluding hydrogens is 351 g/mol. The number of ether oxygens (including phenoxy) is 2. The predicted octanol–water partition coefficient (Wildman–Crippen LogP) is 3.27. The Morgan fingerprint density at radius 1 is 1.42 bits per heavy atom. The first kappa shape index (κ1) is 17.5. The maximum Gasteiger partial charge on any atom is 0.573 e. The molecule has 1 aromatic carbocycles. The molecule has 10 heteroatoms. The molecule has 0 bridgehead atoms. The molecule has 2 N–H and O–H groups in total. The standard InChI is InChI=1S/C14H9ClF3N3O3/c1-23-13(22)11-10(20)7(5-19)6-21(11)9-4-2-3-8(15)12(9)24-14(16,17)18/h2-4,6H,20H2,1H3. The molecular formula is C14H9ClF3N3O3. The summed E-state index contributed by atoms with van der Waals surface area (Å²) in [6.07, 6.45) is -3.92. The van der Waals surface area contributed by atoms with Gasteiger partial charge in [0.1, 0.15) is 6.07 Å². The fraction of sp³-hybridized carbons (Fsp3) is 0.143. The molecule has 0 aliphatic heterocycles. The Kier molecular flexibility index (Phi) is 4.61. The second-order valence-corrected chi connectivity index (χ2v) is 4.82. The third-order valence-electron chi connectivity index (χ3n) is 2.97. The van der Waals surface area contributed by atoms with Crippen LogP contribution in [-0.2, 0) is 4.74 Å². The number of rotatable bonds is 3. The average molecular weight is 360 g/mol. The summed E-state index contributed by atoms with van der Waals surface area (Å²) in [7, 11) is 1.07. The Balaban J connectivity index is 2.76. The minimum atomic E-state index is -5.01. The molecule has 126 valence electrons. The van der Waals surface area contributed by atoms with Gasteiger partial charge in [-0.05, 0) is 12.1 Å². The van der Waals surface area contributed by atoms with Crippen LogP contribution in [-0.4, -0.2) is 24.0 Å². The molecule has 0 unspecified atom stereocenters. The van der Waals surface area contributed by atoms with Crippen LogP contribution >= 0.6 is 11.6 Å². The molecule has 0 radical (unpaired) electrons. The van der Waals surface area contributed by atoms with Crippen molar-refractivity contribution >= 4 is 23.3 Å². The number of carbonyl (C=O) groups is 1. The molecule has 6 nitrogen and oxygen atoms in total. The molecule has 2 rings (SSSR count). The number of nitrogens with two attached hydrogens (primary N) is 1. The molecule has 0 saturated carbocycles. The number of aromatic nitrogens is 1. The number of methoxy groups -OCH3 is 1. The van der Waals surface area contributed by atoms with Crippen LogP contribution in [0.2, 0.25) is 5.02 Å². The van der Waals surface area contributed by atoms with Crippen molar-refractivity contribution < 1.29 is 27.4 Å². The summed E-state index contributed by atoms with van der Waals surface area (Å²) in [4.78, 5) is 11.9. The topological polar surface area (TPSA) is 90.3 Å². The summed E-state index contributed by atoms with van der Waals surface area (Å²) in [6, 6.07) is 5.49. The summed E-state index contributed by atoms with van der Waals surface area (Å²) < 4.78 is 47.4. The van der Waals surface area contributed by atoms with Gasteiger partial charge in [-0.2, -0.15) is 5.26 Å². The molecule has 0 saturated heterocycles. The van der Waals surface area contributed by atoms with Crippen LogP contribution in [0, 0.1) is 11.3 Å². The molecule has 0 spiro atoms. The van der Waals surface area contributed by atoms with Crippen LogP contribution in [0.4, 0.5) is 18.9 Å². The van der Waals surface area contributed by atoms with Gasteiger partial charge in [0.05, 0.1) is 29.1 Å². The lowest BCUT2D eigenvalue weighted by Crippen LogP contribution is -2.19. The normalized spacial score (nSPS) is 11.0. The SMILES string of the molecule is COC(=O)c1c(N)c(C#N)cn1-c1cccc(Cl)c1OC(F)(F)F.